The smallest absolute Gasteiger partial charge is 0.251 e. The zero-order chi connectivity index (χ0) is 10.1. The van der Waals surface area contributed by atoms with Crippen molar-refractivity contribution in [2.75, 3.05) is 0 Å². The number of nitrogens with two attached hydrogens (primary N) is 1. The minimum absolute atomic E-state index is 0.146. The molecule has 72 valence electrons. The fourth-order valence-corrected chi connectivity index (χ4v) is 1.02. The summed E-state index contributed by atoms with van der Waals surface area (Å²) >= 11 is 0. The molecule has 0 saturated heterocycles. The van der Waals surface area contributed by atoms with Gasteiger partial charge >= 0.3 is 0 Å². The Bertz CT molecular complexity index is 354. The summed E-state index contributed by atoms with van der Waals surface area (Å²) < 4.78 is 0. The number of nitrogens with one attached hydrogen (secondary N) is 1. The number of aromatic amines is 1. The van der Waals surface area contributed by atoms with E-state index in [2.05, 4.69) is 9.97 Å². The first-order valence-electron chi connectivity index (χ1n) is 4.33. The van der Waals surface area contributed by atoms with E-state index < -0.39 is 5.54 Å². The zero-order valence-corrected chi connectivity index (χ0v) is 8.22. The number of hydrogen-bond donors (Lipinski definition) is 2. The summed E-state index contributed by atoms with van der Waals surface area (Å²) in [5.41, 5.74) is 5.94. The van der Waals surface area contributed by atoms with Gasteiger partial charge in [-0.3, -0.25) is 4.79 Å². The van der Waals surface area contributed by atoms with E-state index in [-0.39, 0.29) is 5.56 Å². The van der Waals surface area contributed by atoms with Crippen LogP contribution in [0.3, 0.4) is 0 Å². The van der Waals surface area contributed by atoms with Crippen LogP contribution in [0, 0.1) is 6.92 Å². The van der Waals surface area contributed by atoms with Crippen molar-refractivity contribution in [3.05, 3.63) is 27.9 Å². The molecule has 0 saturated carbocycles. The molecule has 4 heteroatoms. The first kappa shape index (κ1) is 9.92. The summed E-state index contributed by atoms with van der Waals surface area (Å²) in [7, 11) is 0. The molecule has 0 spiro atoms. The van der Waals surface area contributed by atoms with Crippen LogP contribution in [0.2, 0.25) is 0 Å². The number of aryl methyl sites for hydroxylation is 1. The van der Waals surface area contributed by atoms with Gasteiger partial charge < -0.3 is 10.7 Å². The van der Waals surface area contributed by atoms with Gasteiger partial charge in [0.25, 0.3) is 5.56 Å². The van der Waals surface area contributed by atoms with Gasteiger partial charge in [-0.05, 0) is 20.3 Å². The molecular formula is C9H15N3O. The Hall–Kier alpha value is -1.16. The lowest BCUT2D eigenvalue weighted by Gasteiger charge is -2.21. The van der Waals surface area contributed by atoms with Crippen LogP contribution in [0.1, 0.15) is 31.8 Å². The minimum atomic E-state index is -0.550. The molecule has 0 aliphatic heterocycles. The molecule has 1 heterocycles. The molecule has 0 radical (unpaired) electrons. The van der Waals surface area contributed by atoms with Crippen molar-refractivity contribution in [3.63, 3.8) is 0 Å². The van der Waals surface area contributed by atoms with E-state index in [0.29, 0.717) is 11.5 Å². The highest BCUT2D eigenvalue weighted by Crippen LogP contribution is 2.15. The third-order valence-corrected chi connectivity index (χ3v) is 2.15. The largest absolute Gasteiger partial charge is 0.319 e. The van der Waals surface area contributed by atoms with Crippen LogP contribution in [0.4, 0.5) is 0 Å². The van der Waals surface area contributed by atoms with Gasteiger partial charge in [0.05, 0.1) is 5.54 Å². The molecule has 1 aromatic heterocycles. The Morgan fingerprint density at radius 3 is 2.77 bits per heavy atom. The van der Waals surface area contributed by atoms with Crippen LogP contribution in [0.25, 0.3) is 0 Å². The van der Waals surface area contributed by atoms with Crippen LogP contribution in [-0.2, 0) is 5.54 Å². The van der Waals surface area contributed by atoms with Crippen LogP contribution in [0.5, 0.6) is 0 Å². The van der Waals surface area contributed by atoms with Crippen LogP contribution in [-0.4, -0.2) is 9.97 Å². The van der Waals surface area contributed by atoms with Gasteiger partial charge in [0.15, 0.2) is 0 Å². The van der Waals surface area contributed by atoms with E-state index in [1.54, 1.807) is 6.92 Å². The highest BCUT2D eigenvalue weighted by atomic mass is 16.1. The van der Waals surface area contributed by atoms with Crippen molar-refractivity contribution in [1.82, 2.24) is 9.97 Å². The van der Waals surface area contributed by atoms with Gasteiger partial charge in [-0.25, -0.2) is 4.98 Å². The van der Waals surface area contributed by atoms with Crippen LogP contribution in [0.15, 0.2) is 10.9 Å². The monoisotopic (exact) mass is 181 g/mol. The second-order valence-electron chi connectivity index (χ2n) is 3.51. The van der Waals surface area contributed by atoms with Crippen molar-refractivity contribution >= 4 is 0 Å². The lowest BCUT2D eigenvalue weighted by molar-refractivity contribution is 0.442. The van der Waals surface area contributed by atoms with Crippen molar-refractivity contribution in [2.24, 2.45) is 5.73 Å². The molecule has 13 heavy (non-hydrogen) atoms. The molecular weight excluding hydrogens is 166 g/mol. The van der Waals surface area contributed by atoms with Crippen molar-refractivity contribution < 1.29 is 0 Å². The third-order valence-electron chi connectivity index (χ3n) is 2.15. The number of aromatic nitrogens is 2. The first-order chi connectivity index (χ1) is 5.95. The number of rotatable bonds is 2. The summed E-state index contributed by atoms with van der Waals surface area (Å²) in [6, 6.07) is 1.45. The highest BCUT2D eigenvalue weighted by Gasteiger charge is 2.21. The lowest BCUT2D eigenvalue weighted by atomic mass is 9.99. The summed E-state index contributed by atoms with van der Waals surface area (Å²) in [5.74, 6) is 0.556. The lowest BCUT2D eigenvalue weighted by Crippen LogP contribution is -2.36. The summed E-state index contributed by atoms with van der Waals surface area (Å²) in [4.78, 5) is 18.0. The maximum atomic E-state index is 11.1. The quantitative estimate of drug-likeness (QED) is 0.704. The molecule has 0 aliphatic carbocycles. The molecule has 0 fully saturated rings. The second-order valence-corrected chi connectivity index (χ2v) is 3.51. The topological polar surface area (TPSA) is 71.8 Å². The predicted octanol–water partition coefficient (Wildman–Crippen LogP) is 0.662. The van der Waals surface area contributed by atoms with Gasteiger partial charge in [0, 0.05) is 11.8 Å². The van der Waals surface area contributed by atoms with Crippen LogP contribution >= 0.6 is 0 Å². The molecule has 1 atom stereocenters. The average Bonchev–Trinajstić information content (AvgIpc) is 2.02. The molecule has 0 unspecified atom stereocenters. The summed E-state index contributed by atoms with van der Waals surface area (Å²) in [5, 5.41) is 0. The van der Waals surface area contributed by atoms with Gasteiger partial charge in [0.1, 0.15) is 5.82 Å². The fourth-order valence-electron chi connectivity index (χ4n) is 1.02. The Labute approximate surface area is 77.2 Å². The maximum absolute atomic E-state index is 11.1. The number of H-pyrrole nitrogens is 1. The van der Waals surface area contributed by atoms with Gasteiger partial charge in [-0.2, -0.15) is 0 Å². The van der Waals surface area contributed by atoms with Gasteiger partial charge in [-0.15, -0.1) is 0 Å². The summed E-state index contributed by atoms with van der Waals surface area (Å²) in [6.45, 7) is 5.59. The van der Waals surface area contributed by atoms with E-state index in [0.717, 1.165) is 6.42 Å². The van der Waals surface area contributed by atoms with E-state index in [4.69, 9.17) is 5.73 Å². The molecule has 0 aliphatic rings. The molecule has 1 aromatic rings. The Morgan fingerprint density at radius 1 is 1.69 bits per heavy atom. The highest BCUT2D eigenvalue weighted by molar-refractivity contribution is 5.07. The first-order valence-corrected chi connectivity index (χ1v) is 4.33. The number of nitrogens with zero attached hydrogens (tertiary/aromatic N) is 1. The zero-order valence-electron chi connectivity index (χ0n) is 8.22. The second kappa shape index (κ2) is 3.30. The Morgan fingerprint density at radius 2 is 2.31 bits per heavy atom. The molecule has 3 N–H and O–H groups in total. The number of hydrogen-bond acceptors (Lipinski definition) is 3. The summed E-state index contributed by atoms with van der Waals surface area (Å²) in [6.07, 6.45) is 0.736. The van der Waals surface area contributed by atoms with E-state index in [9.17, 15) is 4.79 Å². The molecule has 0 bridgehead atoms. The van der Waals surface area contributed by atoms with E-state index >= 15 is 0 Å². The van der Waals surface area contributed by atoms with E-state index in [1.807, 2.05) is 13.8 Å². The normalized spacial score (nSPS) is 15.4. The fraction of sp³-hybridized carbons (Fsp3) is 0.556. The Kier molecular flexibility index (Phi) is 2.52. The van der Waals surface area contributed by atoms with Crippen molar-refractivity contribution in [2.45, 2.75) is 32.7 Å². The standard InChI is InChI=1S/C9H15N3O/c1-4-9(3,10)8-11-6(2)5-7(13)12-8/h5H,4,10H2,1-3H3,(H,11,12,13)/t9-/m0/s1. The van der Waals surface area contributed by atoms with Crippen molar-refractivity contribution in [3.8, 4) is 0 Å². The molecule has 0 aromatic carbocycles. The Balaban J connectivity index is 3.23. The van der Waals surface area contributed by atoms with Gasteiger partial charge in [-0.1, -0.05) is 6.92 Å². The van der Waals surface area contributed by atoms with Crippen molar-refractivity contribution in [1.29, 1.82) is 0 Å². The molecule has 0 amide bonds. The van der Waals surface area contributed by atoms with E-state index in [1.165, 1.54) is 6.07 Å². The minimum Gasteiger partial charge on any atom is -0.319 e. The predicted molar refractivity (Wildman–Crippen MR) is 51.4 cm³/mol. The van der Waals surface area contributed by atoms with Gasteiger partial charge in [0.2, 0.25) is 0 Å². The van der Waals surface area contributed by atoms with Crippen LogP contribution < -0.4 is 11.3 Å². The molecule has 4 nitrogen and oxygen atoms in total. The maximum Gasteiger partial charge on any atom is 0.251 e. The molecule has 1 rings (SSSR count). The SMILES string of the molecule is CC[C@](C)(N)c1nc(C)cc(=O)[nH]1. The average molecular weight is 181 g/mol. The third kappa shape index (κ3) is 2.15.